The Kier molecular flexibility index (Phi) is 4.67. The summed E-state index contributed by atoms with van der Waals surface area (Å²) >= 11 is 0. The van der Waals surface area contributed by atoms with E-state index >= 15 is 0 Å². The highest BCUT2D eigenvalue weighted by molar-refractivity contribution is 5.86. The van der Waals surface area contributed by atoms with Crippen LogP contribution < -0.4 is 0 Å². The number of ketones is 1. The molecule has 0 unspecified atom stereocenters. The molecule has 4 fully saturated rings. The van der Waals surface area contributed by atoms with Crippen LogP contribution in [0, 0.1) is 49.2 Å². The van der Waals surface area contributed by atoms with Gasteiger partial charge in [-0.1, -0.05) is 80.9 Å². The SMILES string of the molecule is CC1(C)CC[C@]2(C)CC[C@]3(C)C(=CC[C@]4(C)[C@@]5(C)CCC(=O)C(C)(C)[C@]5(C)CC[C@]43C)[C@@H]2C1. The minimum Gasteiger partial charge on any atom is -0.299 e. The Morgan fingerprint density at radius 3 is 1.94 bits per heavy atom. The first-order valence-corrected chi connectivity index (χ1v) is 14.2. The zero-order valence-corrected chi connectivity index (χ0v) is 23.6. The molecule has 0 saturated heterocycles. The summed E-state index contributed by atoms with van der Waals surface area (Å²) in [5, 5.41) is 0. The highest BCUT2D eigenvalue weighted by Gasteiger charge is 2.75. The summed E-state index contributed by atoms with van der Waals surface area (Å²) in [6, 6.07) is 0. The maximum Gasteiger partial charge on any atom is 0.139 e. The van der Waals surface area contributed by atoms with Crippen LogP contribution in [0.25, 0.3) is 0 Å². The molecule has 1 heteroatoms. The molecule has 0 aromatic rings. The first-order valence-electron chi connectivity index (χ1n) is 14.2. The summed E-state index contributed by atoms with van der Waals surface area (Å²) in [5.41, 5.74) is 3.64. The summed E-state index contributed by atoms with van der Waals surface area (Å²) in [6.45, 7) is 25.4. The third-order valence-corrected chi connectivity index (χ3v) is 14.8. The fourth-order valence-corrected chi connectivity index (χ4v) is 11.0. The number of rotatable bonds is 0. The van der Waals surface area contributed by atoms with Gasteiger partial charge in [-0.2, -0.15) is 0 Å². The Morgan fingerprint density at radius 2 is 1.27 bits per heavy atom. The monoisotopic (exact) mass is 452 g/mol. The molecule has 0 heterocycles. The minimum absolute atomic E-state index is 0.0707. The molecule has 33 heavy (non-hydrogen) atoms. The van der Waals surface area contributed by atoms with Gasteiger partial charge in [-0.3, -0.25) is 4.79 Å². The van der Waals surface area contributed by atoms with Crippen LogP contribution in [0.3, 0.4) is 0 Å². The number of carbonyl (C=O) groups excluding carboxylic acids is 1. The lowest BCUT2D eigenvalue weighted by Crippen LogP contribution is -2.72. The first kappa shape index (κ1) is 24.1. The summed E-state index contributed by atoms with van der Waals surface area (Å²) in [4.78, 5) is 13.2. The van der Waals surface area contributed by atoms with Gasteiger partial charge < -0.3 is 0 Å². The van der Waals surface area contributed by atoms with Crippen molar-refractivity contribution in [3.8, 4) is 0 Å². The van der Waals surface area contributed by atoms with Crippen LogP contribution in [0.4, 0.5) is 0 Å². The van der Waals surface area contributed by atoms with Crippen molar-refractivity contribution in [2.75, 3.05) is 0 Å². The summed E-state index contributed by atoms with van der Waals surface area (Å²) < 4.78 is 0. The molecule has 5 rings (SSSR count). The van der Waals surface area contributed by atoms with Gasteiger partial charge >= 0.3 is 0 Å². The topological polar surface area (TPSA) is 17.1 Å². The predicted molar refractivity (Wildman–Crippen MR) is 139 cm³/mol. The van der Waals surface area contributed by atoms with Gasteiger partial charge in [0.1, 0.15) is 5.78 Å². The number of carbonyl (C=O) groups is 1. The van der Waals surface area contributed by atoms with Crippen molar-refractivity contribution < 1.29 is 4.79 Å². The Hall–Kier alpha value is -0.590. The second kappa shape index (κ2) is 6.39. The molecule has 7 atom stereocenters. The second-order valence-electron chi connectivity index (χ2n) is 16.1. The van der Waals surface area contributed by atoms with E-state index in [2.05, 4.69) is 75.3 Å². The molecule has 4 saturated carbocycles. The standard InChI is InChI=1S/C32H52O/c1-25(2)15-16-27(5)17-18-28(6)22(23(27)21-25)11-13-32(10)30(28,8)20-19-29(7)26(3,4)24(33)12-14-31(29,32)9/h11,23H,12-21H2,1-10H3/t23-,27+,28+,29-,30-,31-,32-/m0/s1. The fraction of sp³-hybridized carbons (Fsp3) is 0.906. The van der Waals surface area contributed by atoms with Gasteiger partial charge in [0.15, 0.2) is 0 Å². The average Bonchev–Trinajstić information content (AvgIpc) is 2.72. The third-order valence-electron chi connectivity index (χ3n) is 14.8. The molecule has 5 aliphatic carbocycles. The summed E-state index contributed by atoms with van der Waals surface area (Å²) in [5.74, 6) is 1.26. The third kappa shape index (κ3) is 2.49. The number of allylic oxidation sites excluding steroid dienone is 2. The van der Waals surface area contributed by atoms with Gasteiger partial charge in [0.2, 0.25) is 0 Å². The molecule has 0 aromatic carbocycles. The van der Waals surface area contributed by atoms with Gasteiger partial charge in [-0.05, 0) is 102 Å². The van der Waals surface area contributed by atoms with E-state index in [0.717, 1.165) is 18.8 Å². The number of Topliss-reactive ketones (excluding diaryl/α,β-unsaturated/α-hetero) is 1. The Balaban J connectivity index is 1.66. The van der Waals surface area contributed by atoms with Crippen LogP contribution in [0.2, 0.25) is 0 Å². The average molecular weight is 453 g/mol. The lowest BCUT2D eigenvalue weighted by atomic mass is 9.26. The van der Waals surface area contributed by atoms with E-state index in [9.17, 15) is 4.79 Å². The molecule has 186 valence electrons. The van der Waals surface area contributed by atoms with E-state index < -0.39 is 0 Å². The highest BCUT2D eigenvalue weighted by atomic mass is 16.1. The zero-order chi connectivity index (χ0) is 24.5. The quantitative estimate of drug-likeness (QED) is 0.335. The van der Waals surface area contributed by atoms with Crippen molar-refractivity contribution in [3.63, 3.8) is 0 Å². The van der Waals surface area contributed by atoms with Crippen LogP contribution in [-0.4, -0.2) is 5.78 Å². The minimum atomic E-state index is -0.228. The molecule has 0 radical (unpaired) electrons. The molecule has 0 aliphatic heterocycles. The van der Waals surface area contributed by atoms with Gasteiger partial charge in [0.05, 0.1) is 0 Å². The van der Waals surface area contributed by atoms with Crippen LogP contribution in [0.5, 0.6) is 0 Å². The molecule has 0 aromatic heterocycles. The Morgan fingerprint density at radius 1 is 0.667 bits per heavy atom. The van der Waals surface area contributed by atoms with Crippen molar-refractivity contribution in [1.29, 1.82) is 0 Å². The smallest absolute Gasteiger partial charge is 0.139 e. The molecular formula is C32H52O. The predicted octanol–water partition coefficient (Wildman–Crippen LogP) is 9.16. The first-order chi connectivity index (χ1) is 14.9. The van der Waals surface area contributed by atoms with Crippen LogP contribution >= 0.6 is 0 Å². The molecule has 0 N–H and O–H groups in total. The van der Waals surface area contributed by atoms with E-state index in [0.29, 0.717) is 16.6 Å². The van der Waals surface area contributed by atoms with Crippen molar-refractivity contribution >= 4 is 5.78 Å². The molecular weight excluding hydrogens is 400 g/mol. The van der Waals surface area contributed by atoms with Crippen molar-refractivity contribution in [2.45, 2.75) is 133 Å². The normalized spacial score (nSPS) is 54.9. The Bertz CT molecular complexity index is 923. The summed E-state index contributed by atoms with van der Waals surface area (Å²) in [7, 11) is 0. The highest BCUT2D eigenvalue weighted by Crippen LogP contribution is 2.82. The zero-order valence-electron chi connectivity index (χ0n) is 23.6. The van der Waals surface area contributed by atoms with E-state index in [1.165, 1.54) is 51.4 Å². The number of hydrogen-bond donors (Lipinski definition) is 0. The molecule has 1 nitrogen and oxygen atoms in total. The van der Waals surface area contributed by atoms with Crippen molar-refractivity contribution in [3.05, 3.63) is 11.6 Å². The second-order valence-corrected chi connectivity index (χ2v) is 16.1. The molecule has 0 bridgehead atoms. The lowest BCUT2D eigenvalue weighted by molar-refractivity contribution is -0.264. The number of fused-ring (bicyclic) bond motifs is 7. The van der Waals surface area contributed by atoms with Crippen LogP contribution in [0.1, 0.15) is 133 Å². The van der Waals surface area contributed by atoms with Gasteiger partial charge in [0, 0.05) is 11.8 Å². The molecule has 0 spiro atoms. The van der Waals surface area contributed by atoms with Crippen LogP contribution in [-0.2, 0) is 4.79 Å². The van der Waals surface area contributed by atoms with Crippen molar-refractivity contribution in [1.82, 2.24) is 0 Å². The maximum atomic E-state index is 13.2. The number of hydrogen-bond acceptors (Lipinski definition) is 1. The maximum absolute atomic E-state index is 13.2. The van der Waals surface area contributed by atoms with E-state index in [1.807, 2.05) is 5.57 Å². The summed E-state index contributed by atoms with van der Waals surface area (Å²) in [6.07, 6.45) is 15.2. The van der Waals surface area contributed by atoms with Crippen LogP contribution in [0.15, 0.2) is 11.6 Å². The van der Waals surface area contributed by atoms with Gasteiger partial charge in [0.25, 0.3) is 0 Å². The molecule has 5 aliphatic rings. The molecule has 0 amide bonds. The van der Waals surface area contributed by atoms with E-state index in [1.54, 1.807) is 0 Å². The van der Waals surface area contributed by atoms with E-state index in [4.69, 9.17) is 0 Å². The van der Waals surface area contributed by atoms with Crippen molar-refractivity contribution in [2.24, 2.45) is 49.2 Å². The van der Waals surface area contributed by atoms with Gasteiger partial charge in [-0.25, -0.2) is 0 Å². The van der Waals surface area contributed by atoms with Gasteiger partial charge in [-0.15, -0.1) is 0 Å². The largest absolute Gasteiger partial charge is 0.299 e. The fourth-order valence-electron chi connectivity index (χ4n) is 11.0. The lowest BCUT2D eigenvalue weighted by Gasteiger charge is -2.78. The van der Waals surface area contributed by atoms with E-state index in [-0.39, 0.29) is 32.5 Å². The Labute approximate surface area is 204 Å².